The maximum Gasteiger partial charge on any atom is 0.431 e. The first kappa shape index (κ1) is 15.1. The number of pyridine rings is 1. The summed E-state index contributed by atoms with van der Waals surface area (Å²) in [4.78, 5) is 11.9. The van der Waals surface area contributed by atoms with Crippen LogP contribution >= 0.6 is 11.6 Å². The molecule has 1 heterocycles. The number of rotatable bonds is 2. The Morgan fingerprint density at radius 1 is 1.22 bits per heavy atom. The van der Waals surface area contributed by atoms with Gasteiger partial charge < -0.3 is 4.57 Å². The summed E-state index contributed by atoms with van der Waals surface area (Å²) < 4.78 is 39.6. The van der Waals surface area contributed by atoms with Gasteiger partial charge in [-0.2, -0.15) is 13.2 Å². The van der Waals surface area contributed by atoms with Gasteiger partial charge in [0.15, 0.2) is 0 Å². The topological polar surface area (TPSA) is 22.0 Å². The van der Waals surface area contributed by atoms with Crippen LogP contribution in [-0.4, -0.2) is 4.57 Å². The second-order valence-electron chi connectivity index (χ2n) is 4.72. The molecule has 1 rings (SSSR count). The highest BCUT2D eigenvalue weighted by Crippen LogP contribution is 2.33. The van der Waals surface area contributed by atoms with Gasteiger partial charge in [-0.25, -0.2) is 0 Å². The lowest BCUT2D eigenvalue weighted by atomic mass is 10.0. The van der Waals surface area contributed by atoms with Crippen molar-refractivity contribution in [3.63, 3.8) is 0 Å². The van der Waals surface area contributed by atoms with Gasteiger partial charge in [-0.3, -0.25) is 4.79 Å². The summed E-state index contributed by atoms with van der Waals surface area (Å²) in [5, 5.41) is -0.133. The largest absolute Gasteiger partial charge is 0.431 e. The molecule has 0 saturated carbocycles. The highest BCUT2D eigenvalue weighted by atomic mass is 35.5. The summed E-state index contributed by atoms with van der Waals surface area (Å²) in [5.41, 5.74) is -1.51. The van der Waals surface area contributed by atoms with Crippen molar-refractivity contribution in [3.8, 4) is 0 Å². The molecule has 0 aliphatic carbocycles. The SMILES string of the molecule is CC(C)c1cc(C(F)(F)F)n(C(C)C)c(=O)c1Cl. The van der Waals surface area contributed by atoms with E-state index in [4.69, 9.17) is 11.6 Å². The van der Waals surface area contributed by atoms with E-state index >= 15 is 0 Å². The van der Waals surface area contributed by atoms with Crippen molar-refractivity contribution in [3.05, 3.63) is 32.7 Å². The molecule has 0 aliphatic heterocycles. The molecule has 0 amide bonds. The minimum atomic E-state index is -4.57. The molecule has 2 nitrogen and oxygen atoms in total. The highest BCUT2D eigenvalue weighted by Gasteiger charge is 2.36. The third-order valence-corrected chi connectivity index (χ3v) is 3.02. The number of hydrogen-bond donors (Lipinski definition) is 0. The van der Waals surface area contributed by atoms with Crippen molar-refractivity contribution in [2.24, 2.45) is 0 Å². The van der Waals surface area contributed by atoms with Gasteiger partial charge in [0.05, 0.1) is 0 Å². The van der Waals surface area contributed by atoms with E-state index in [9.17, 15) is 18.0 Å². The predicted octanol–water partition coefficient (Wildman–Crippen LogP) is 4.22. The fourth-order valence-corrected chi connectivity index (χ4v) is 2.13. The number of aromatic nitrogens is 1. The maximum absolute atomic E-state index is 13.0. The molecule has 18 heavy (non-hydrogen) atoms. The molecule has 0 unspecified atom stereocenters. The monoisotopic (exact) mass is 281 g/mol. The molecule has 1 aromatic heterocycles. The van der Waals surface area contributed by atoms with Gasteiger partial charge in [0, 0.05) is 6.04 Å². The Morgan fingerprint density at radius 3 is 2.06 bits per heavy atom. The van der Waals surface area contributed by atoms with Crippen LogP contribution in [0.3, 0.4) is 0 Å². The number of alkyl halides is 3. The van der Waals surface area contributed by atoms with E-state index in [-0.39, 0.29) is 16.5 Å². The summed E-state index contributed by atoms with van der Waals surface area (Å²) >= 11 is 5.86. The van der Waals surface area contributed by atoms with Gasteiger partial charge in [-0.05, 0) is 31.4 Å². The Morgan fingerprint density at radius 2 is 1.72 bits per heavy atom. The molecular weight excluding hydrogens is 267 g/mol. The first-order valence-corrected chi connectivity index (χ1v) is 5.97. The zero-order valence-electron chi connectivity index (χ0n) is 10.6. The van der Waals surface area contributed by atoms with Gasteiger partial charge in [0.2, 0.25) is 0 Å². The third-order valence-electron chi connectivity index (χ3n) is 2.64. The molecule has 0 fully saturated rings. The molecular formula is C12H15ClF3NO. The molecule has 0 saturated heterocycles. The van der Waals surface area contributed by atoms with E-state index in [0.29, 0.717) is 4.57 Å². The molecule has 0 spiro atoms. The molecule has 0 aliphatic rings. The maximum atomic E-state index is 13.0. The molecule has 0 radical (unpaired) electrons. The van der Waals surface area contributed by atoms with Crippen LogP contribution in [0.15, 0.2) is 10.9 Å². The Bertz CT molecular complexity index is 503. The van der Waals surface area contributed by atoms with E-state index in [1.807, 2.05) is 0 Å². The van der Waals surface area contributed by atoms with Crippen LogP contribution < -0.4 is 5.56 Å². The Balaban J connectivity index is 3.73. The van der Waals surface area contributed by atoms with Gasteiger partial charge in [0.25, 0.3) is 5.56 Å². The van der Waals surface area contributed by atoms with E-state index in [1.165, 1.54) is 13.8 Å². The first-order chi connectivity index (χ1) is 8.07. The third kappa shape index (κ3) is 2.71. The van der Waals surface area contributed by atoms with Crippen molar-refractivity contribution in [2.75, 3.05) is 0 Å². The number of hydrogen-bond acceptors (Lipinski definition) is 1. The van der Waals surface area contributed by atoms with Crippen molar-refractivity contribution in [2.45, 2.75) is 45.8 Å². The molecule has 0 bridgehead atoms. The van der Waals surface area contributed by atoms with Gasteiger partial charge in [-0.1, -0.05) is 25.4 Å². The number of halogens is 4. The molecule has 0 aromatic carbocycles. The Kier molecular flexibility index (Phi) is 4.15. The molecule has 102 valence electrons. The lowest BCUT2D eigenvalue weighted by Crippen LogP contribution is -2.31. The van der Waals surface area contributed by atoms with Crippen LogP contribution in [0, 0.1) is 0 Å². The average molecular weight is 282 g/mol. The second-order valence-corrected chi connectivity index (χ2v) is 5.10. The van der Waals surface area contributed by atoms with Crippen LogP contribution in [0.25, 0.3) is 0 Å². The summed E-state index contributed by atoms with van der Waals surface area (Å²) in [6.07, 6.45) is -4.57. The van der Waals surface area contributed by atoms with E-state index in [0.717, 1.165) is 6.07 Å². The van der Waals surface area contributed by atoms with Crippen molar-refractivity contribution < 1.29 is 13.2 Å². The van der Waals surface area contributed by atoms with Crippen molar-refractivity contribution >= 4 is 11.6 Å². The molecule has 0 atom stereocenters. The average Bonchev–Trinajstić information content (AvgIpc) is 2.18. The zero-order chi connectivity index (χ0) is 14.2. The van der Waals surface area contributed by atoms with E-state index < -0.39 is 23.5 Å². The van der Waals surface area contributed by atoms with Gasteiger partial charge in [0.1, 0.15) is 10.7 Å². The Labute approximate surface area is 108 Å². The highest BCUT2D eigenvalue weighted by molar-refractivity contribution is 6.31. The van der Waals surface area contributed by atoms with Crippen molar-refractivity contribution in [1.29, 1.82) is 0 Å². The lowest BCUT2D eigenvalue weighted by molar-refractivity contribution is -0.144. The summed E-state index contributed by atoms with van der Waals surface area (Å²) in [6.45, 7) is 6.42. The Hall–Kier alpha value is -0.970. The normalized spacial score (nSPS) is 12.6. The number of nitrogens with zero attached hydrogens (tertiary/aromatic N) is 1. The smallest absolute Gasteiger partial charge is 0.301 e. The quantitative estimate of drug-likeness (QED) is 0.795. The van der Waals surface area contributed by atoms with Crippen LogP contribution in [0.5, 0.6) is 0 Å². The summed E-state index contributed by atoms with van der Waals surface area (Å²) in [7, 11) is 0. The second kappa shape index (κ2) is 4.96. The molecule has 6 heteroatoms. The van der Waals surface area contributed by atoms with E-state index in [2.05, 4.69) is 0 Å². The van der Waals surface area contributed by atoms with Crippen LogP contribution in [0.2, 0.25) is 5.02 Å². The molecule has 0 N–H and O–H groups in total. The minimum Gasteiger partial charge on any atom is -0.301 e. The fourth-order valence-electron chi connectivity index (χ4n) is 1.77. The van der Waals surface area contributed by atoms with Crippen molar-refractivity contribution in [1.82, 2.24) is 4.57 Å². The summed E-state index contributed by atoms with van der Waals surface area (Å²) in [6, 6.07) is 0.363. The predicted molar refractivity (Wildman–Crippen MR) is 65.2 cm³/mol. The summed E-state index contributed by atoms with van der Waals surface area (Å²) in [5.74, 6) is -0.242. The fraction of sp³-hybridized carbons (Fsp3) is 0.583. The first-order valence-electron chi connectivity index (χ1n) is 5.59. The van der Waals surface area contributed by atoms with Gasteiger partial charge in [-0.15, -0.1) is 0 Å². The van der Waals surface area contributed by atoms with Crippen LogP contribution in [0.4, 0.5) is 13.2 Å². The van der Waals surface area contributed by atoms with Gasteiger partial charge >= 0.3 is 6.18 Å². The van der Waals surface area contributed by atoms with Crippen LogP contribution in [-0.2, 0) is 6.18 Å². The van der Waals surface area contributed by atoms with E-state index in [1.54, 1.807) is 13.8 Å². The molecule has 1 aromatic rings. The van der Waals surface area contributed by atoms with Crippen LogP contribution in [0.1, 0.15) is 50.9 Å². The zero-order valence-corrected chi connectivity index (χ0v) is 11.4. The minimum absolute atomic E-state index is 0.133. The lowest BCUT2D eigenvalue weighted by Gasteiger charge is -2.21. The standard InChI is InChI=1S/C12H15ClF3NO/c1-6(2)8-5-9(12(14,15)16)17(7(3)4)11(18)10(8)13/h5-7H,1-4H3.